The normalized spacial score (nSPS) is 13.1. The van der Waals surface area contributed by atoms with Crippen LogP contribution in [0.2, 0.25) is 0 Å². The van der Waals surface area contributed by atoms with E-state index in [1.807, 2.05) is 13.8 Å². The van der Waals surface area contributed by atoms with Gasteiger partial charge in [0.1, 0.15) is 6.61 Å². The van der Waals surface area contributed by atoms with E-state index in [-0.39, 0.29) is 32.4 Å². The lowest BCUT2D eigenvalue weighted by Gasteiger charge is -2.30. The van der Waals surface area contributed by atoms with Crippen molar-refractivity contribution in [1.82, 2.24) is 0 Å². The van der Waals surface area contributed by atoms with E-state index in [0.29, 0.717) is 19.4 Å². The summed E-state index contributed by atoms with van der Waals surface area (Å²) in [4.78, 5) is 12.3. The van der Waals surface area contributed by atoms with E-state index in [4.69, 9.17) is 19.3 Å². The zero-order chi connectivity index (χ0) is 16.8. The minimum atomic E-state index is -1.26. The molecule has 6 nitrogen and oxygen atoms in total. The number of rotatable bonds is 14. The molecule has 0 heterocycles. The highest BCUT2D eigenvalue weighted by Gasteiger charge is 2.36. The van der Waals surface area contributed by atoms with Gasteiger partial charge in [0.05, 0.1) is 31.8 Å². The second kappa shape index (κ2) is 12.8. The number of unbranched alkanes of at least 4 members (excludes halogenated alkanes) is 1. The molecule has 0 aliphatic carbocycles. The van der Waals surface area contributed by atoms with Crippen molar-refractivity contribution in [3.05, 3.63) is 0 Å². The molecule has 0 fully saturated rings. The zero-order valence-electron chi connectivity index (χ0n) is 14.2. The molecule has 0 bridgehead atoms. The van der Waals surface area contributed by atoms with Gasteiger partial charge in [-0.15, -0.1) is 0 Å². The Labute approximate surface area is 133 Å². The van der Waals surface area contributed by atoms with Crippen molar-refractivity contribution in [3.8, 4) is 0 Å². The van der Waals surface area contributed by atoms with Gasteiger partial charge in [0.15, 0.2) is 0 Å². The van der Waals surface area contributed by atoms with E-state index in [1.54, 1.807) is 0 Å². The Morgan fingerprint density at radius 3 is 2.27 bits per heavy atom. The van der Waals surface area contributed by atoms with Crippen LogP contribution in [0.25, 0.3) is 0 Å². The van der Waals surface area contributed by atoms with Gasteiger partial charge >= 0.3 is 5.97 Å². The molecule has 0 saturated carbocycles. The van der Waals surface area contributed by atoms with Crippen molar-refractivity contribution < 1.29 is 29.2 Å². The quantitative estimate of drug-likeness (QED) is 0.289. The number of carbonyl (C=O) groups excluding carboxylic acids is 1. The summed E-state index contributed by atoms with van der Waals surface area (Å²) in [5, 5.41) is 18.3. The third-order valence-electron chi connectivity index (χ3n) is 3.91. The topological polar surface area (TPSA) is 85.2 Å². The van der Waals surface area contributed by atoms with Crippen LogP contribution in [0.3, 0.4) is 0 Å². The maximum atomic E-state index is 12.3. The van der Waals surface area contributed by atoms with Crippen molar-refractivity contribution in [3.63, 3.8) is 0 Å². The Balaban J connectivity index is 4.13. The van der Waals surface area contributed by atoms with Crippen LogP contribution in [-0.4, -0.2) is 55.5 Å². The molecule has 0 radical (unpaired) electrons. The second-order valence-corrected chi connectivity index (χ2v) is 5.36. The van der Waals surface area contributed by atoms with Crippen LogP contribution in [0, 0.1) is 5.41 Å². The SMILES string of the molecule is CCCCC(CC)(CC)C(=O)OC(O)COCCOCCO. The van der Waals surface area contributed by atoms with Crippen molar-refractivity contribution in [2.24, 2.45) is 5.41 Å². The second-order valence-electron chi connectivity index (χ2n) is 5.36. The fourth-order valence-electron chi connectivity index (χ4n) is 2.26. The number of esters is 1. The van der Waals surface area contributed by atoms with Crippen LogP contribution >= 0.6 is 0 Å². The lowest BCUT2D eigenvalue weighted by atomic mass is 9.78. The van der Waals surface area contributed by atoms with Gasteiger partial charge in [-0.05, 0) is 19.3 Å². The third kappa shape index (κ3) is 8.08. The minimum absolute atomic E-state index is 0.0336. The molecular formula is C16H32O6. The van der Waals surface area contributed by atoms with Crippen molar-refractivity contribution in [2.45, 2.75) is 59.2 Å². The summed E-state index contributed by atoms with van der Waals surface area (Å²) in [5.74, 6) is -0.349. The predicted octanol–water partition coefficient (Wildman–Crippen LogP) is 1.87. The number of hydrogen-bond donors (Lipinski definition) is 2. The van der Waals surface area contributed by atoms with E-state index in [2.05, 4.69) is 6.92 Å². The Hall–Kier alpha value is -0.690. The van der Waals surface area contributed by atoms with Crippen LogP contribution in [0.15, 0.2) is 0 Å². The molecule has 1 unspecified atom stereocenters. The summed E-state index contributed by atoms with van der Waals surface area (Å²) >= 11 is 0. The molecule has 0 rings (SSSR count). The molecule has 0 amide bonds. The smallest absolute Gasteiger partial charge is 0.314 e. The first-order valence-corrected chi connectivity index (χ1v) is 8.21. The Kier molecular flexibility index (Phi) is 12.4. The zero-order valence-corrected chi connectivity index (χ0v) is 14.2. The monoisotopic (exact) mass is 320 g/mol. The van der Waals surface area contributed by atoms with Crippen LogP contribution in [0.1, 0.15) is 52.9 Å². The lowest BCUT2D eigenvalue weighted by Crippen LogP contribution is -2.36. The average Bonchev–Trinajstić information content (AvgIpc) is 2.52. The van der Waals surface area contributed by atoms with Gasteiger partial charge in [-0.1, -0.05) is 33.6 Å². The molecule has 0 saturated heterocycles. The standard InChI is InChI=1S/C16H32O6/c1-4-7-8-16(5-2,6-3)15(19)22-14(18)13-21-12-11-20-10-9-17/h14,17-18H,4-13H2,1-3H3. The van der Waals surface area contributed by atoms with E-state index < -0.39 is 11.7 Å². The number of hydrogen-bond acceptors (Lipinski definition) is 6. The molecule has 1 atom stereocenters. The summed E-state index contributed by atoms with van der Waals surface area (Å²) in [6.07, 6.45) is 2.90. The molecule has 0 aromatic heterocycles. The van der Waals surface area contributed by atoms with Crippen LogP contribution in [0.4, 0.5) is 0 Å². The summed E-state index contributed by atoms with van der Waals surface area (Å²) in [5.41, 5.74) is -0.513. The number of aliphatic hydroxyl groups excluding tert-OH is 2. The Bertz CT molecular complexity index is 278. The number of aliphatic hydroxyl groups is 2. The molecule has 6 heteroatoms. The molecule has 0 aliphatic rings. The molecule has 0 spiro atoms. The van der Waals surface area contributed by atoms with Crippen LogP contribution < -0.4 is 0 Å². The predicted molar refractivity (Wildman–Crippen MR) is 83.4 cm³/mol. The third-order valence-corrected chi connectivity index (χ3v) is 3.91. The first-order chi connectivity index (χ1) is 10.6. The molecule has 0 aliphatic heterocycles. The summed E-state index contributed by atoms with van der Waals surface area (Å²) in [6.45, 7) is 6.78. The average molecular weight is 320 g/mol. The highest BCUT2D eigenvalue weighted by atomic mass is 16.7. The number of ether oxygens (including phenoxy) is 3. The van der Waals surface area contributed by atoms with Gasteiger partial charge in [0, 0.05) is 0 Å². The van der Waals surface area contributed by atoms with Gasteiger partial charge in [0.2, 0.25) is 6.29 Å². The van der Waals surface area contributed by atoms with Crippen LogP contribution in [-0.2, 0) is 19.0 Å². The van der Waals surface area contributed by atoms with Crippen molar-refractivity contribution in [2.75, 3.05) is 33.0 Å². The molecule has 0 aromatic carbocycles. The van der Waals surface area contributed by atoms with Gasteiger partial charge in [-0.25, -0.2) is 0 Å². The first-order valence-electron chi connectivity index (χ1n) is 8.21. The van der Waals surface area contributed by atoms with Gasteiger partial charge in [0.25, 0.3) is 0 Å². The van der Waals surface area contributed by atoms with Gasteiger partial charge < -0.3 is 24.4 Å². The highest BCUT2D eigenvalue weighted by Crippen LogP contribution is 2.34. The number of carbonyl (C=O) groups is 1. The first kappa shape index (κ1) is 21.3. The van der Waals surface area contributed by atoms with Gasteiger partial charge in [-0.2, -0.15) is 0 Å². The van der Waals surface area contributed by atoms with Crippen molar-refractivity contribution >= 4 is 5.97 Å². The van der Waals surface area contributed by atoms with Crippen molar-refractivity contribution in [1.29, 1.82) is 0 Å². The fourth-order valence-corrected chi connectivity index (χ4v) is 2.26. The van der Waals surface area contributed by atoms with E-state index >= 15 is 0 Å². The summed E-state index contributed by atoms with van der Waals surface area (Å²) < 4.78 is 15.3. The summed E-state index contributed by atoms with van der Waals surface area (Å²) in [6, 6.07) is 0. The van der Waals surface area contributed by atoms with E-state index in [0.717, 1.165) is 19.3 Å². The maximum Gasteiger partial charge on any atom is 0.314 e. The molecule has 132 valence electrons. The minimum Gasteiger partial charge on any atom is -0.433 e. The largest absolute Gasteiger partial charge is 0.433 e. The van der Waals surface area contributed by atoms with Gasteiger partial charge in [-0.3, -0.25) is 4.79 Å². The maximum absolute atomic E-state index is 12.3. The molecule has 0 aromatic rings. The Morgan fingerprint density at radius 1 is 1.09 bits per heavy atom. The van der Waals surface area contributed by atoms with Crippen LogP contribution in [0.5, 0.6) is 0 Å². The van der Waals surface area contributed by atoms with E-state index in [1.165, 1.54) is 0 Å². The van der Waals surface area contributed by atoms with E-state index in [9.17, 15) is 9.90 Å². The highest BCUT2D eigenvalue weighted by molar-refractivity contribution is 5.76. The molecule has 22 heavy (non-hydrogen) atoms. The molecule has 2 N–H and O–H groups in total. The Morgan fingerprint density at radius 2 is 1.73 bits per heavy atom. The molecular weight excluding hydrogens is 288 g/mol. The fraction of sp³-hybridized carbons (Fsp3) is 0.938. The summed E-state index contributed by atoms with van der Waals surface area (Å²) in [7, 11) is 0. The lowest BCUT2D eigenvalue weighted by molar-refractivity contribution is -0.190.